The fourth-order valence-corrected chi connectivity index (χ4v) is 1.72. The van der Waals surface area contributed by atoms with Crippen molar-refractivity contribution in [1.82, 2.24) is 20.2 Å². The zero-order chi connectivity index (χ0) is 13.7. The average Bonchev–Trinajstić information content (AvgIpc) is 2.83. The predicted octanol–water partition coefficient (Wildman–Crippen LogP) is 0.551. The zero-order valence-electron chi connectivity index (χ0n) is 10.5. The van der Waals surface area contributed by atoms with Crippen molar-refractivity contribution in [3.8, 4) is 5.75 Å². The fourth-order valence-electron chi connectivity index (χ4n) is 1.72. The Morgan fingerprint density at radius 2 is 2.16 bits per heavy atom. The number of para-hydroxylation sites is 1. The van der Waals surface area contributed by atoms with Gasteiger partial charge in [0.05, 0.1) is 7.11 Å². The number of carboxylic acid groups (broad SMARTS) is 1. The topological polar surface area (TPSA) is 90.1 Å². The third-order valence-corrected chi connectivity index (χ3v) is 2.58. The van der Waals surface area contributed by atoms with Crippen LogP contribution in [-0.4, -0.2) is 38.4 Å². The van der Waals surface area contributed by atoms with Crippen LogP contribution in [0.3, 0.4) is 0 Å². The first-order valence-corrected chi connectivity index (χ1v) is 5.79. The first-order valence-electron chi connectivity index (χ1n) is 5.79. The van der Waals surface area contributed by atoms with Gasteiger partial charge in [-0.25, -0.2) is 0 Å². The van der Waals surface area contributed by atoms with Gasteiger partial charge < -0.3 is 9.84 Å². The number of benzene rings is 1. The molecule has 0 aliphatic rings. The minimum Gasteiger partial charge on any atom is -0.496 e. The second-order valence-corrected chi connectivity index (χ2v) is 3.94. The summed E-state index contributed by atoms with van der Waals surface area (Å²) < 4.78 is 5.25. The highest BCUT2D eigenvalue weighted by atomic mass is 16.5. The number of ether oxygens (including phenoxy) is 1. The Balaban J connectivity index is 1.98. The summed E-state index contributed by atoms with van der Waals surface area (Å²) in [6.45, 7) is -0.276. The molecule has 0 aliphatic heterocycles. The van der Waals surface area contributed by atoms with E-state index < -0.39 is 5.97 Å². The van der Waals surface area contributed by atoms with Crippen molar-refractivity contribution in [2.75, 3.05) is 7.11 Å². The molecule has 1 heterocycles. The number of aromatic nitrogens is 4. The van der Waals surface area contributed by atoms with Crippen LogP contribution in [0.5, 0.6) is 5.75 Å². The summed E-state index contributed by atoms with van der Waals surface area (Å²) in [6, 6.07) is 7.71. The number of hydrogen-bond donors (Lipinski definition) is 1. The van der Waals surface area contributed by atoms with E-state index in [1.54, 1.807) is 7.11 Å². The summed E-state index contributed by atoms with van der Waals surface area (Å²) >= 11 is 0. The van der Waals surface area contributed by atoms with E-state index in [1.165, 1.54) is 0 Å². The lowest BCUT2D eigenvalue weighted by atomic mass is 10.1. The molecule has 0 amide bonds. The lowest BCUT2D eigenvalue weighted by Crippen LogP contribution is -2.11. The van der Waals surface area contributed by atoms with Crippen molar-refractivity contribution >= 4 is 5.97 Å². The highest BCUT2D eigenvalue weighted by Crippen LogP contribution is 2.18. The average molecular weight is 262 g/mol. The lowest BCUT2D eigenvalue weighted by Gasteiger charge is -2.06. The number of rotatable bonds is 6. The van der Waals surface area contributed by atoms with Gasteiger partial charge in [0.1, 0.15) is 5.75 Å². The molecule has 0 spiro atoms. The Hall–Kier alpha value is -2.44. The van der Waals surface area contributed by atoms with Crippen molar-refractivity contribution in [1.29, 1.82) is 0 Å². The van der Waals surface area contributed by atoms with Crippen molar-refractivity contribution < 1.29 is 14.6 Å². The zero-order valence-corrected chi connectivity index (χ0v) is 10.5. The largest absolute Gasteiger partial charge is 0.496 e. The number of methoxy groups -OCH3 is 1. The third-order valence-electron chi connectivity index (χ3n) is 2.58. The molecule has 0 unspecified atom stereocenters. The minimum absolute atomic E-state index is 0.276. The molecule has 2 aromatic rings. The molecule has 0 saturated heterocycles. The van der Waals surface area contributed by atoms with Gasteiger partial charge in [-0.1, -0.05) is 18.2 Å². The summed E-state index contributed by atoms with van der Waals surface area (Å²) in [7, 11) is 1.63. The molecular formula is C12H14N4O3. The van der Waals surface area contributed by atoms with Gasteiger partial charge >= 0.3 is 5.97 Å². The molecule has 0 aliphatic carbocycles. The smallest absolute Gasteiger partial charge is 0.327 e. The molecule has 2 rings (SSSR count). The number of tetrazole rings is 1. The van der Waals surface area contributed by atoms with Gasteiger partial charge in [-0.2, -0.15) is 4.80 Å². The molecular weight excluding hydrogens is 248 g/mol. The van der Waals surface area contributed by atoms with Gasteiger partial charge in [-0.15, -0.1) is 10.2 Å². The maximum Gasteiger partial charge on any atom is 0.327 e. The second-order valence-electron chi connectivity index (χ2n) is 3.94. The Kier molecular flexibility index (Phi) is 4.07. The Morgan fingerprint density at radius 3 is 2.89 bits per heavy atom. The van der Waals surface area contributed by atoms with Crippen LogP contribution in [0.4, 0.5) is 0 Å². The summed E-state index contributed by atoms with van der Waals surface area (Å²) in [5.41, 5.74) is 1.06. The Labute approximate surface area is 109 Å². The number of carboxylic acids is 1. The van der Waals surface area contributed by atoms with E-state index in [4.69, 9.17) is 9.84 Å². The summed E-state index contributed by atoms with van der Waals surface area (Å²) in [5.74, 6) is 0.348. The maximum absolute atomic E-state index is 10.5. The van der Waals surface area contributed by atoms with Crippen molar-refractivity contribution in [2.24, 2.45) is 0 Å². The summed E-state index contributed by atoms with van der Waals surface area (Å²) in [5, 5.41) is 20.1. The van der Waals surface area contributed by atoms with Gasteiger partial charge in [0.15, 0.2) is 12.4 Å². The molecule has 1 aromatic carbocycles. The number of carbonyl (C=O) groups is 1. The van der Waals surface area contributed by atoms with E-state index in [1.807, 2.05) is 24.3 Å². The minimum atomic E-state index is -0.992. The van der Waals surface area contributed by atoms with Gasteiger partial charge in [0.25, 0.3) is 0 Å². The number of aliphatic carboxylic acids is 1. The van der Waals surface area contributed by atoms with Crippen LogP contribution in [0.15, 0.2) is 24.3 Å². The van der Waals surface area contributed by atoms with Crippen LogP contribution < -0.4 is 4.74 Å². The van der Waals surface area contributed by atoms with Crippen LogP contribution >= 0.6 is 0 Å². The molecule has 1 N–H and O–H groups in total. The molecule has 0 radical (unpaired) electrons. The van der Waals surface area contributed by atoms with Crippen LogP contribution in [-0.2, 0) is 24.2 Å². The fraction of sp³-hybridized carbons (Fsp3) is 0.333. The van der Waals surface area contributed by atoms with Gasteiger partial charge in [-0.05, 0) is 23.3 Å². The molecule has 1 aromatic heterocycles. The first kappa shape index (κ1) is 13.0. The molecule has 0 saturated carbocycles. The maximum atomic E-state index is 10.5. The number of hydrogen-bond acceptors (Lipinski definition) is 5. The lowest BCUT2D eigenvalue weighted by molar-refractivity contribution is -0.138. The molecule has 0 atom stereocenters. The molecule has 7 heteroatoms. The van der Waals surface area contributed by atoms with Crippen LogP contribution in [0.25, 0.3) is 0 Å². The predicted molar refractivity (Wildman–Crippen MR) is 65.9 cm³/mol. The second kappa shape index (κ2) is 5.94. The monoisotopic (exact) mass is 262 g/mol. The van der Waals surface area contributed by atoms with Crippen LogP contribution in [0.2, 0.25) is 0 Å². The van der Waals surface area contributed by atoms with Gasteiger partial charge in [0.2, 0.25) is 0 Å². The number of aryl methyl sites for hydroxylation is 2. The molecule has 0 fully saturated rings. The summed E-state index contributed by atoms with van der Waals surface area (Å²) in [6.07, 6.45) is 1.29. The molecule has 19 heavy (non-hydrogen) atoms. The molecule has 7 nitrogen and oxygen atoms in total. The van der Waals surface area contributed by atoms with E-state index in [9.17, 15) is 4.79 Å². The van der Waals surface area contributed by atoms with E-state index in [0.29, 0.717) is 18.7 Å². The highest BCUT2D eigenvalue weighted by molar-refractivity contribution is 5.66. The quantitative estimate of drug-likeness (QED) is 0.817. The SMILES string of the molecule is COc1ccccc1CCc1nnn(CC(=O)O)n1. The summed E-state index contributed by atoms with van der Waals surface area (Å²) in [4.78, 5) is 11.6. The Morgan fingerprint density at radius 1 is 1.37 bits per heavy atom. The van der Waals surface area contributed by atoms with Crippen molar-refractivity contribution in [3.05, 3.63) is 35.7 Å². The van der Waals surface area contributed by atoms with Crippen LogP contribution in [0.1, 0.15) is 11.4 Å². The standard InChI is InChI=1S/C12H14N4O3/c1-19-10-5-3-2-4-9(10)6-7-11-13-15-16(14-11)8-12(17)18/h2-5H,6-8H2,1H3,(H,17,18). The highest BCUT2D eigenvalue weighted by Gasteiger charge is 2.08. The van der Waals surface area contributed by atoms with E-state index in [2.05, 4.69) is 15.4 Å². The molecule has 0 bridgehead atoms. The van der Waals surface area contributed by atoms with Crippen molar-refractivity contribution in [3.63, 3.8) is 0 Å². The third kappa shape index (κ3) is 3.51. The van der Waals surface area contributed by atoms with E-state index >= 15 is 0 Å². The Bertz CT molecular complexity index is 568. The van der Waals surface area contributed by atoms with Crippen molar-refractivity contribution in [2.45, 2.75) is 19.4 Å². The van der Waals surface area contributed by atoms with Gasteiger partial charge in [-0.3, -0.25) is 4.79 Å². The normalized spacial score (nSPS) is 10.4. The van der Waals surface area contributed by atoms with Gasteiger partial charge in [0, 0.05) is 6.42 Å². The first-order chi connectivity index (χ1) is 9.19. The number of nitrogens with zero attached hydrogens (tertiary/aromatic N) is 4. The van der Waals surface area contributed by atoms with E-state index in [-0.39, 0.29) is 6.54 Å². The van der Waals surface area contributed by atoms with E-state index in [0.717, 1.165) is 16.1 Å². The molecule has 100 valence electrons. The van der Waals surface area contributed by atoms with Crippen LogP contribution in [0, 0.1) is 0 Å².